The molecule has 0 saturated carbocycles. The fourth-order valence-corrected chi connectivity index (χ4v) is 4.20. The number of alkyl halides is 3. The van der Waals surface area contributed by atoms with E-state index >= 15 is 0 Å². The van der Waals surface area contributed by atoms with Gasteiger partial charge in [0.2, 0.25) is 11.8 Å². The maximum absolute atomic E-state index is 13.8. The third-order valence-corrected chi connectivity index (χ3v) is 6.07. The van der Waals surface area contributed by atoms with E-state index in [0.717, 1.165) is 11.8 Å². The third kappa shape index (κ3) is 5.99. The highest BCUT2D eigenvalue weighted by Crippen LogP contribution is 2.38. The summed E-state index contributed by atoms with van der Waals surface area (Å²) in [6.45, 7) is 5.90. The number of piperazine rings is 1. The molecule has 1 N–H and O–H groups in total. The van der Waals surface area contributed by atoms with Crippen molar-refractivity contribution < 1.29 is 22.8 Å². The Morgan fingerprint density at radius 1 is 1.00 bits per heavy atom. The highest BCUT2D eigenvalue weighted by atomic mass is 19.4. The summed E-state index contributed by atoms with van der Waals surface area (Å²) in [5.74, 6) is -0.104. The Morgan fingerprint density at radius 2 is 1.75 bits per heavy atom. The molecule has 0 atom stereocenters. The summed E-state index contributed by atoms with van der Waals surface area (Å²) in [4.78, 5) is 36.2. The number of nitrogens with one attached hydrogen (secondary N) is 1. The molecule has 10 heteroatoms. The number of benzene rings is 1. The second-order valence-electron chi connectivity index (χ2n) is 8.68. The normalized spacial score (nSPS) is 14.0. The lowest BCUT2D eigenvalue weighted by Gasteiger charge is -2.35. The highest BCUT2D eigenvalue weighted by molar-refractivity contribution is 5.91. The van der Waals surface area contributed by atoms with E-state index in [9.17, 15) is 22.8 Å². The topological polar surface area (TPSA) is 78.4 Å². The number of rotatable bonds is 5. The van der Waals surface area contributed by atoms with E-state index in [-0.39, 0.29) is 23.5 Å². The molecule has 188 valence electrons. The highest BCUT2D eigenvalue weighted by Gasteiger charge is 2.34. The van der Waals surface area contributed by atoms with Crippen molar-refractivity contribution in [3.8, 4) is 11.1 Å². The fraction of sp³-hybridized carbons (Fsp3) is 0.308. The summed E-state index contributed by atoms with van der Waals surface area (Å²) in [6, 6.07) is 10.5. The van der Waals surface area contributed by atoms with E-state index in [4.69, 9.17) is 0 Å². The van der Waals surface area contributed by atoms with Crippen molar-refractivity contribution >= 4 is 23.3 Å². The van der Waals surface area contributed by atoms with Gasteiger partial charge in [-0.15, -0.1) is 0 Å². The standard InChI is InChI=1S/C26H26F3N5O2/c1-17-13-20(7-8-30-17)22-5-3-19(14-23(22)26(27,28)29)15-25(36)32-24-6-4-21(16-31-24)34-11-9-33(10-12-34)18(2)35/h3-8,13-14,16H,9-12,15H2,1-2H3,(H,31,32,36). The van der Waals surface area contributed by atoms with E-state index < -0.39 is 17.6 Å². The Balaban J connectivity index is 1.42. The molecule has 1 saturated heterocycles. The van der Waals surface area contributed by atoms with Gasteiger partial charge < -0.3 is 15.1 Å². The van der Waals surface area contributed by atoms with Crippen molar-refractivity contribution in [3.05, 3.63) is 71.7 Å². The van der Waals surface area contributed by atoms with Crippen molar-refractivity contribution in [2.24, 2.45) is 0 Å². The van der Waals surface area contributed by atoms with E-state index in [1.165, 1.54) is 24.4 Å². The van der Waals surface area contributed by atoms with E-state index in [2.05, 4.69) is 20.2 Å². The van der Waals surface area contributed by atoms with Crippen molar-refractivity contribution in [1.29, 1.82) is 0 Å². The van der Waals surface area contributed by atoms with Crippen molar-refractivity contribution in [3.63, 3.8) is 0 Å². The second kappa shape index (κ2) is 10.3. The van der Waals surface area contributed by atoms with Crippen LogP contribution < -0.4 is 10.2 Å². The number of hydrogen-bond acceptors (Lipinski definition) is 5. The minimum atomic E-state index is -4.58. The molecule has 36 heavy (non-hydrogen) atoms. The number of pyridine rings is 2. The molecule has 1 aliphatic rings. The maximum atomic E-state index is 13.8. The summed E-state index contributed by atoms with van der Waals surface area (Å²) < 4.78 is 41.4. The van der Waals surface area contributed by atoms with Gasteiger partial charge in [-0.25, -0.2) is 4.98 Å². The predicted molar refractivity (Wildman–Crippen MR) is 130 cm³/mol. The Hall–Kier alpha value is -3.95. The van der Waals surface area contributed by atoms with Gasteiger partial charge in [-0.1, -0.05) is 12.1 Å². The monoisotopic (exact) mass is 497 g/mol. The molecule has 4 rings (SSSR count). The minimum absolute atomic E-state index is 0.0403. The zero-order valence-electron chi connectivity index (χ0n) is 20.0. The van der Waals surface area contributed by atoms with Crippen LogP contribution in [0.5, 0.6) is 0 Å². The van der Waals surface area contributed by atoms with E-state index in [0.29, 0.717) is 43.3 Å². The Kier molecular flexibility index (Phi) is 7.23. The molecule has 0 unspecified atom stereocenters. The summed E-state index contributed by atoms with van der Waals surface area (Å²) >= 11 is 0. The van der Waals surface area contributed by atoms with Gasteiger partial charge in [-0.3, -0.25) is 14.6 Å². The van der Waals surface area contributed by atoms with Crippen LogP contribution in [0, 0.1) is 6.92 Å². The third-order valence-electron chi connectivity index (χ3n) is 6.07. The zero-order valence-corrected chi connectivity index (χ0v) is 20.0. The number of amides is 2. The van der Waals surface area contributed by atoms with Crippen LogP contribution in [0.15, 0.2) is 54.9 Å². The first-order valence-electron chi connectivity index (χ1n) is 11.5. The number of carbonyl (C=O) groups is 2. The summed E-state index contributed by atoms with van der Waals surface area (Å²) in [6.07, 6.45) is -1.70. The molecule has 2 amide bonds. The number of halogens is 3. The van der Waals surface area contributed by atoms with Crippen LogP contribution in [-0.2, 0) is 22.2 Å². The van der Waals surface area contributed by atoms with Crippen LogP contribution in [0.3, 0.4) is 0 Å². The van der Waals surface area contributed by atoms with Gasteiger partial charge in [-0.2, -0.15) is 13.2 Å². The van der Waals surface area contributed by atoms with Crippen LogP contribution in [0.2, 0.25) is 0 Å². The molecule has 1 fully saturated rings. The van der Waals surface area contributed by atoms with Crippen LogP contribution in [-0.4, -0.2) is 52.9 Å². The molecule has 0 spiro atoms. The number of hydrogen-bond donors (Lipinski definition) is 1. The lowest BCUT2D eigenvalue weighted by molar-refractivity contribution is -0.137. The van der Waals surface area contributed by atoms with Gasteiger partial charge in [0.15, 0.2) is 0 Å². The van der Waals surface area contributed by atoms with E-state index in [1.807, 2.05) is 6.07 Å². The number of anilines is 2. The summed E-state index contributed by atoms with van der Waals surface area (Å²) in [5.41, 5.74) is 1.38. The molecule has 1 aliphatic heterocycles. The molecule has 0 aliphatic carbocycles. The maximum Gasteiger partial charge on any atom is 0.417 e. The lowest BCUT2D eigenvalue weighted by atomic mass is 9.96. The number of nitrogens with zero attached hydrogens (tertiary/aromatic N) is 4. The summed E-state index contributed by atoms with van der Waals surface area (Å²) in [5, 5.41) is 2.64. The molecule has 0 radical (unpaired) electrons. The van der Waals surface area contributed by atoms with E-state index in [1.54, 1.807) is 37.1 Å². The van der Waals surface area contributed by atoms with Gasteiger partial charge in [0.05, 0.1) is 23.9 Å². The van der Waals surface area contributed by atoms with Crippen LogP contribution in [0.4, 0.5) is 24.7 Å². The largest absolute Gasteiger partial charge is 0.417 e. The molecular formula is C26H26F3N5O2. The molecule has 1 aromatic carbocycles. The number of carbonyl (C=O) groups excluding carboxylic acids is 2. The average Bonchev–Trinajstić information content (AvgIpc) is 2.84. The minimum Gasteiger partial charge on any atom is -0.367 e. The molecule has 7 nitrogen and oxygen atoms in total. The SMILES string of the molecule is CC(=O)N1CCN(c2ccc(NC(=O)Cc3ccc(-c4ccnc(C)c4)c(C(F)(F)F)c3)nc2)CC1. The first-order valence-corrected chi connectivity index (χ1v) is 11.5. The average molecular weight is 498 g/mol. The molecule has 0 bridgehead atoms. The molecule has 3 heterocycles. The van der Waals surface area contributed by atoms with Crippen LogP contribution in [0.25, 0.3) is 11.1 Å². The van der Waals surface area contributed by atoms with Crippen LogP contribution in [0.1, 0.15) is 23.7 Å². The summed E-state index contributed by atoms with van der Waals surface area (Å²) in [7, 11) is 0. The smallest absolute Gasteiger partial charge is 0.367 e. The van der Waals surface area contributed by atoms with Crippen molar-refractivity contribution in [1.82, 2.24) is 14.9 Å². The molecule has 2 aromatic heterocycles. The Bertz CT molecular complexity index is 1250. The van der Waals surface area contributed by atoms with Gasteiger partial charge in [0, 0.05) is 45.0 Å². The van der Waals surface area contributed by atoms with Crippen molar-refractivity contribution in [2.75, 3.05) is 36.4 Å². The molecular weight excluding hydrogens is 471 g/mol. The Labute approximate surface area is 207 Å². The van der Waals surface area contributed by atoms with Gasteiger partial charge in [0.25, 0.3) is 0 Å². The first kappa shape index (κ1) is 25.2. The number of aromatic nitrogens is 2. The predicted octanol–water partition coefficient (Wildman–Crippen LogP) is 4.32. The van der Waals surface area contributed by atoms with Gasteiger partial charge in [0.1, 0.15) is 5.82 Å². The lowest BCUT2D eigenvalue weighted by Crippen LogP contribution is -2.48. The van der Waals surface area contributed by atoms with Gasteiger partial charge in [-0.05, 0) is 53.9 Å². The van der Waals surface area contributed by atoms with Crippen LogP contribution >= 0.6 is 0 Å². The quantitative estimate of drug-likeness (QED) is 0.568. The van der Waals surface area contributed by atoms with Crippen molar-refractivity contribution in [2.45, 2.75) is 26.4 Å². The van der Waals surface area contributed by atoms with Gasteiger partial charge >= 0.3 is 6.18 Å². The molecule has 3 aromatic rings. The fourth-order valence-electron chi connectivity index (χ4n) is 4.20. The Morgan fingerprint density at radius 3 is 2.36 bits per heavy atom. The number of aryl methyl sites for hydroxylation is 1. The second-order valence-corrected chi connectivity index (χ2v) is 8.68. The first-order chi connectivity index (χ1) is 17.1. The zero-order chi connectivity index (χ0) is 25.9.